The zero-order chi connectivity index (χ0) is 16.1. The van der Waals surface area contributed by atoms with E-state index >= 15 is 0 Å². The summed E-state index contributed by atoms with van der Waals surface area (Å²) in [6.45, 7) is 1.88. The lowest BCUT2D eigenvalue weighted by atomic mass is 10.2. The minimum absolute atomic E-state index is 0.203. The van der Waals surface area contributed by atoms with E-state index in [0.29, 0.717) is 17.0 Å². The van der Waals surface area contributed by atoms with E-state index in [1.807, 2.05) is 49.4 Å². The number of carbonyl (C=O) groups excluding carboxylic acids is 1. The van der Waals surface area contributed by atoms with Crippen molar-refractivity contribution in [1.82, 2.24) is 4.57 Å². The molecule has 0 spiro atoms. The molecule has 114 valence electrons. The van der Waals surface area contributed by atoms with Crippen LogP contribution in [-0.4, -0.2) is 10.5 Å². The van der Waals surface area contributed by atoms with Crippen molar-refractivity contribution < 1.29 is 9.21 Å². The van der Waals surface area contributed by atoms with Gasteiger partial charge in [0.05, 0.1) is 5.52 Å². The minimum atomic E-state index is -0.203. The highest BCUT2D eigenvalue weighted by molar-refractivity contribution is 9.10. The van der Waals surface area contributed by atoms with Gasteiger partial charge in [0.15, 0.2) is 5.76 Å². The second-order valence-corrected chi connectivity index (χ2v) is 6.32. The van der Waals surface area contributed by atoms with Gasteiger partial charge in [0.2, 0.25) is 0 Å². The molecule has 2 heterocycles. The molecule has 0 radical (unpaired) electrons. The third-order valence-corrected chi connectivity index (χ3v) is 4.68. The molecule has 2 aromatic carbocycles. The zero-order valence-electron chi connectivity index (χ0n) is 12.3. The predicted molar refractivity (Wildman–Crippen MR) is 94.7 cm³/mol. The molecular formula is C18H13BrN2O2. The van der Waals surface area contributed by atoms with Gasteiger partial charge >= 0.3 is 0 Å². The number of nitrogens with two attached hydrogens (primary N) is 1. The summed E-state index contributed by atoms with van der Waals surface area (Å²) in [4.78, 5) is 12.9. The van der Waals surface area contributed by atoms with Crippen LogP contribution in [0.4, 0.5) is 5.69 Å². The van der Waals surface area contributed by atoms with E-state index in [2.05, 4.69) is 15.9 Å². The topological polar surface area (TPSA) is 61.2 Å². The van der Waals surface area contributed by atoms with Gasteiger partial charge in [-0.15, -0.1) is 0 Å². The number of carbonyl (C=O) groups is 1. The van der Waals surface area contributed by atoms with Gasteiger partial charge in [-0.3, -0.25) is 9.36 Å². The Morgan fingerprint density at radius 1 is 1.13 bits per heavy atom. The molecule has 5 heteroatoms. The van der Waals surface area contributed by atoms with E-state index < -0.39 is 0 Å². The van der Waals surface area contributed by atoms with Crippen LogP contribution < -0.4 is 5.73 Å². The Balaban J connectivity index is 1.93. The maximum atomic E-state index is 12.9. The number of benzene rings is 2. The lowest BCUT2D eigenvalue weighted by molar-refractivity contribution is 0.0938. The SMILES string of the molecule is Cc1cc2c(N)cccc2n1C(=O)c1cc2c(Br)cccc2o1. The Morgan fingerprint density at radius 3 is 2.70 bits per heavy atom. The molecule has 0 amide bonds. The number of furan rings is 1. The summed E-state index contributed by atoms with van der Waals surface area (Å²) in [5.41, 5.74) is 8.94. The largest absolute Gasteiger partial charge is 0.451 e. The quantitative estimate of drug-likeness (QED) is 0.494. The molecular weight excluding hydrogens is 356 g/mol. The van der Waals surface area contributed by atoms with Crippen LogP contribution in [0.1, 0.15) is 16.2 Å². The van der Waals surface area contributed by atoms with Crippen molar-refractivity contribution in [2.45, 2.75) is 6.92 Å². The average molecular weight is 369 g/mol. The summed E-state index contributed by atoms with van der Waals surface area (Å²) < 4.78 is 8.27. The normalized spacial score (nSPS) is 11.4. The molecule has 0 aliphatic carbocycles. The molecule has 4 aromatic rings. The first-order chi connectivity index (χ1) is 11.1. The third kappa shape index (κ3) is 2.08. The Labute approximate surface area is 140 Å². The van der Waals surface area contributed by atoms with Crippen LogP contribution in [0, 0.1) is 6.92 Å². The Hall–Kier alpha value is -2.53. The van der Waals surface area contributed by atoms with Crippen molar-refractivity contribution in [3.05, 3.63) is 64.5 Å². The Morgan fingerprint density at radius 2 is 1.91 bits per heavy atom. The molecule has 4 rings (SSSR count). The van der Waals surface area contributed by atoms with Gasteiger partial charge in [-0.1, -0.05) is 28.1 Å². The van der Waals surface area contributed by atoms with Crippen molar-refractivity contribution >= 4 is 49.4 Å². The number of aromatic nitrogens is 1. The molecule has 23 heavy (non-hydrogen) atoms. The molecule has 0 unspecified atom stereocenters. The molecule has 2 aromatic heterocycles. The van der Waals surface area contributed by atoms with Gasteiger partial charge in [-0.25, -0.2) is 0 Å². The van der Waals surface area contributed by atoms with Crippen LogP contribution in [0.5, 0.6) is 0 Å². The van der Waals surface area contributed by atoms with E-state index in [1.165, 1.54) is 0 Å². The van der Waals surface area contributed by atoms with Gasteiger partial charge in [0, 0.05) is 26.6 Å². The predicted octanol–water partition coefficient (Wildman–Crippen LogP) is 4.73. The van der Waals surface area contributed by atoms with Gasteiger partial charge in [0.25, 0.3) is 5.91 Å². The highest BCUT2D eigenvalue weighted by Gasteiger charge is 2.19. The van der Waals surface area contributed by atoms with Crippen molar-refractivity contribution in [2.75, 3.05) is 5.73 Å². The maximum absolute atomic E-state index is 12.9. The summed E-state index contributed by atoms with van der Waals surface area (Å²) in [6.07, 6.45) is 0. The molecule has 0 aliphatic heterocycles. The number of aryl methyl sites for hydroxylation is 1. The fraction of sp³-hybridized carbons (Fsp3) is 0.0556. The van der Waals surface area contributed by atoms with Crippen LogP contribution in [0.25, 0.3) is 21.9 Å². The van der Waals surface area contributed by atoms with Gasteiger partial charge in [-0.2, -0.15) is 0 Å². The van der Waals surface area contributed by atoms with Crippen LogP contribution in [0.15, 0.2) is 57.4 Å². The van der Waals surface area contributed by atoms with Crippen molar-refractivity contribution in [2.24, 2.45) is 0 Å². The van der Waals surface area contributed by atoms with Crippen LogP contribution in [-0.2, 0) is 0 Å². The highest BCUT2D eigenvalue weighted by Crippen LogP contribution is 2.30. The van der Waals surface area contributed by atoms with Crippen LogP contribution in [0.2, 0.25) is 0 Å². The number of halogens is 1. The van der Waals surface area contributed by atoms with Gasteiger partial charge < -0.3 is 10.2 Å². The standard InChI is InChI=1S/C18H13BrN2O2/c1-10-8-12-14(20)5-3-6-15(12)21(10)18(22)17-9-11-13(19)4-2-7-16(11)23-17/h2-9H,20H2,1H3. The fourth-order valence-electron chi connectivity index (χ4n) is 2.90. The van der Waals surface area contributed by atoms with Gasteiger partial charge in [-0.05, 0) is 43.3 Å². The number of hydrogen-bond donors (Lipinski definition) is 1. The van der Waals surface area contributed by atoms with E-state index in [0.717, 1.165) is 26.5 Å². The van der Waals surface area contributed by atoms with Crippen molar-refractivity contribution in [3.8, 4) is 0 Å². The lowest BCUT2D eigenvalue weighted by Crippen LogP contribution is -2.12. The summed E-state index contributed by atoms with van der Waals surface area (Å²) in [6, 6.07) is 14.9. The molecule has 4 nitrogen and oxygen atoms in total. The smallest absolute Gasteiger partial charge is 0.298 e. The van der Waals surface area contributed by atoms with Crippen molar-refractivity contribution in [1.29, 1.82) is 0 Å². The summed E-state index contributed by atoms with van der Waals surface area (Å²) >= 11 is 3.48. The summed E-state index contributed by atoms with van der Waals surface area (Å²) in [5, 5.41) is 1.75. The molecule has 0 fully saturated rings. The van der Waals surface area contributed by atoms with E-state index in [-0.39, 0.29) is 5.91 Å². The van der Waals surface area contributed by atoms with Crippen LogP contribution in [0.3, 0.4) is 0 Å². The van der Waals surface area contributed by atoms with E-state index in [4.69, 9.17) is 10.2 Å². The number of fused-ring (bicyclic) bond motifs is 2. The van der Waals surface area contributed by atoms with Crippen LogP contribution >= 0.6 is 15.9 Å². The third-order valence-electron chi connectivity index (χ3n) is 3.99. The molecule has 0 saturated carbocycles. The van der Waals surface area contributed by atoms with Gasteiger partial charge in [0.1, 0.15) is 5.58 Å². The Kier molecular flexibility index (Phi) is 3.06. The first-order valence-electron chi connectivity index (χ1n) is 7.15. The second-order valence-electron chi connectivity index (χ2n) is 5.47. The molecule has 0 aliphatic rings. The monoisotopic (exact) mass is 368 g/mol. The first kappa shape index (κ1) is 14.1. The molecule has 0 bridgehead atoms. The number of hydrogen-bond acceptors (Lipinski definition) is 3. The number of nitrogen functional groups attached to an aromatic ring is 1. The van der Waals surface area contributed by atoms with Crippen molar-refractivity contribution in [3.63, 3.8) is 0 Å². The Bertz CT molecular complexity index is 1080. The second kappa shape index (κ2) is 4.99. The zero-order valence-corrected chi connectivity index (χ0v) is 13.9. The minimum Gasteiger partial charge on any atom is -0.451 e. The average Bonchev–Trinajstić information content (AvgIpc) is 3.09. The fourth-order valence-corrected chi connectivity index (χ4v) is 3.36. The lowest BCUT2D eigenvalue weighted by Gasteiger charge is -2.04. The molecule has 0 saturated heterocycles. The maximum Gasteiger partial charge on any atom is 0.298 e. The summed E-state index contributed by atoms with van der Waals surface area (Å²) in [5.74, 6) is 0.0983. The number of nitrogens with zero attached hydrogens (tertiary/aromatic N) is 1. The first-order valence-corrected chi connectivity index (χ1v) is 7.95. The number of anilines is 1. The summed E-state index contributed by atoms with van der Waals surface area (Å²) in [7, 11) is 0. The van der Waals surface area contributed by atoms with E-state index in [9.17, 15) is 4.79 Å². The van der Waals surface area contributed by atoms with E-state index in [1.54, 1.807) is 10.6 Å². The molecule has 2 N–H and O–H groups in total. The number of rotatable bonds is 1. The highest BCUT2D eigenvalue weighted by atomic mass is 79.9. The molecule has 0 atom stereocenters.